The number of aromatic nitrogens is 1. The summed E-state index contributed by atoms with van der Waals surface area (Å²) in [4.78, 5) is 44.0. The molecule has 0 saturated carbocycles. The van der Waals surface area contributed by atoms with Crippen LogP contribution in [-0.2, 0) is 14.4 Å². The number of nitrogens with zero attached hydrogens (tertiary/aromatic N) is 2. The molecule has 4 rings (SSSR count). The fourth-order valence-corrected chi connectivity index (χ4v) is 5.27. The van der Waals surface area contributed by atoms with Crippen LogP contribution in [-0.4, -0.2) is 33.6 Å². The summed E-state index contributed by atoms with van der Waals surface area (Å²) < 4.78 is 0. The van der Waals surface area contributed by atoms with E-state index < -0.39 is 11.9 Å². The molecule has 1 aliphatic heterocycles. The number of aryl methyl sites for hydroxylation is 3. The van der Waals surface area contributed by atoms with Crippen molar-refractivity contribution in [3.63, 3.8) is 0 Å². The molecule has 2 aromatic rings. The van der Waals surface area contributed by atoms with Gasteiger partial charge in [0.2, 0.25) is 17.7 Å². The molecule has 1 aromatic heterocycles. The normalized spacial score (nSPS) is 21.7. The van der Waals surface area contributed by atoms with Gasteiger partial charge in [0.05, 0.1) is 17.5 Å². The second-order valence-corrected chi connectivity index (χ2v) is 9.04. The van der Waals surface area contributed by atoms with Gasteiger partial charge >= 0.3 is 0 Å². The molecule has 30 heavy (non-hydrogen) atoms. The number of carbonyl (C=O) groups excluding carboxylic acids is 3. The first kappa shape index (κ1) is 20.5. The van der Waals surface area contributed by atoms with Gasteiger partial charge in [0.15, 0.2) is 5.13 Å². The summed E-state index contributed by atoms with van der Waals surface area (Å²) in [6.45, 7) is 7.76. The van der Waals surface area contributed by atoms with E-state index in [4.69, 9.17) is 0 Å². The highest BCUT2D eigenvalue weighted by atomic mass is 32.1. The third-order valence-electron chi connectivity index (χ3n) is 5.98. The smallest absolute Gasteiger partial charge is 0.249 e. The van der Waals surface area contributed by atoms with Crippen LogP contribution in [0.3, 0.4) is 0 Å². The highest BCUT2D eigenvalue weighted by molar-refractivity contribution is 7.14. The van der Waals surface area contributed by atoms with Gasteiger partial charge in [-0.15, -0.1) is 11.3 Å². The van der Waals surface area contributed by atoms with Crippen LogP contribution in [0.4, 0.5) is 5.13 Å². The molecule has 1 N–H and O–H groups in total. The van der Waals surface area contributed by atoms with Crippen LogP contribution in [0.25, 0.3) is 11.3 Å². The number of anilines is 1. The Morgan fingerprint density at radius 2 is 1.67 bits per heavy atom. The monoisotopic (exact) mass is 423 g/mol. The Bertz CT molecular complexity index is 1020. The number of carbonyl (C=O) groups is 3. The van der Waals surface area contributed by atoms with E-state index in [1.165, 1.54) is 16.9 Å². The number of likely N-dealkylation sites (tertiary alicyclic amines) is 1. The van der Waals surface area contributed by atoms with Crippen LogP contribution in [0, 0.1) is 32.6 Å². The first-order valence-corrected chi connectivity index (χ1v) is 11.0. The number of benzene rings is 1. The number of thiazole rings is 1. The van der Waals surface area contributed by atoms with Crippen LogP contribution < -0.4 is 5.32 Å². The van der Waals surface area contributed by atoms with Gasteiger partial charge in [0.1, 0.15) is 6.04 Å². The zero-order valence-electron chi connectivity index (χ0n) is 17.6. The minimum absolute atomic E-state index is 0.247. The van der Waals surface area contributed by atoms with Crippen LogP contribution in [0.15, 0.2) is 29.7 Å². The molecule has 0 spiro atoms. The largest absolute Gasteiger partial charge is 0.300 e. The van der Waals surface area contributed by atoms with Gasteiger partial charge in [-0.3, -0.25) is 19.3 Å². The molecule has 3 atom stereocenters. The lowest BCUT2D eigenvalue weighted by Gasteiger charge is -2.21. The van der Waals surface area contributed by atoms with Crippen LogP contribution in [0.1, 0.15) is 36.5 Å². The van der Waals surface area contributed by atoms with Crippen molar-refractivity contribution in [1.29, 1.82) is 0 Å². The molecule has 0 radical (unpaired) electrons. The Balaban J connectivity index is 1.50. The third-order valence-corrected chi connectivity index (χ3v) is 6.73. The van der Waals surface area contributed by atoms with Gasteiger partial charge < -0.3 is 5.32 Å². The standard InChI is InChI=1S/C23H25N3O3S/c1-12-9-13(2)19(14(3)10-12)18-11-30-23(24-18)25-20(27)15(4)26-21(28)16-7-5-6-8-17(16)22(26)29/h5-6,9-11,15-17H,7-8H2,1-4H3,(H,24,25,27)/t15-,16-,17-/m0/s1. The van der Waals surface area contributed by atoms with Gasteiger partial charge in [-0.05, 0) is 51.7 Å². The van der Waals surface area contributed by atoms with Crippen molar-refractivity contribution in [2.24, 2.45) is 11.8 Å². The van der Waals surface area contributed by atoms with Crippen molar-refractivity contribution in [2.75, 3.05) is 5.32 Å². The van der Waals surface area contributed by atoms with Crippen molar-refractivity contribution in [2.45, 2.75) is 46.6 Å². The summed E-state index contributed by atoms with van der Waals surface area (Å²) >= 11 is 1.33. The van der Waals surface area contributed by atoms with Crippen molar-refractivity contribution >= 4 is 34.2 Å². The topological polar surface area (TPSA) is 79.4 Å². The van der Waals surface area contributed by atoms with E-state index >= 15 is 0 Å². The number of fused-ring (bicyclic) bond motifs is 1. The molecule has 2 heterocycles. The lowest BCUT2D eigenvalue weighted by molar-refractivity contribution is -0.146. The van der Waals surface area contributed by atoms with E-state index in [1.54, 1.807) is 6.92 Å². The molecule has 0 bridgehead atoms. The second-order valence-electron chi connectivity index (χ2n) is 8.18. The van der Waals surface area contributed by atoms with Crippen molar-refractivity contribution < 1.29 is 14.4 Å². The molecule has 1 aromatic carbocycles. The van der Waals surface area contributed by atoms with Gasteiger partial charge in [0, 0.05) is 10.9 Å². The number of hydrogen-bond donors (Lipinski definition) is 1. The van der Waals surface area contributed by atoms with Gasteiger partial charge in [-0.2, -0.15) is 0 Å². The molecule has 0 unspecified atom stereocenters. The number of imide groups is 1. The highest BCUT2D eigenvalue weighted by Crippen LogP contribution is 2.36. The Kier molecular flexibility index (Phi) is 5.32. The Hall–Kier alpha value is -2.80. The number of allylic oxidation sites excluding steroid dienone is 2. The summed E-state index contributed by atoms with van der Waals surface area (Å²) in [7, 11) is 0. The van der Waals surface area contributed by atoms with E-state index in [0.29, 0.717) is 18.0 Å². The fourth-order valence-electron chi connectivity index (χ4n) is 4.56. The summed E-state index contributed by atoms with van der Waals surface area (Å²) in [5.74, 6) is -1.57. The zero-order valence-corrected chi connectivity index (χ0v) is 18.4. The highest BCUT2D eigenvalue weighted by Gasteiger charge is 2.50. The number of rotatable bonds is 4. The number of hydrogen-bond acceptors (Lipinski definition) is 5. The first-order chi connectivity index (χ1) is 14.3. The molecule has 6 nitrogen and oxygen atoms in total. The lowest BCUT2D eigenvalue weighted by atomic mass is 9.85. The third kappa shape index (κ3) is 3.47. The Labute approximate surface area is 180 Å². The summed E-state index contributed by atoms with van der Waals surface area (Å²) in [6, 6.07) is 3.35. The zero-order chi connectivity index (χ0) is 21.6. The van der Waals surface area contributed by atoms with Crippen molar-refractivity contribution in [3.8, 4) is 11.3 Å². The van der Waals surface area contributed by atoms with E-state index in [-0.39, 0.29) is 23.7 Å². The maximum absolute atomic E-state index is 12.8. The summed E-state index contributed by atoms with van der Waals surface area (Å²) in [5.41, 5.74) is 5.33. The quantitative estimate of drug-likeness (QED) is 0.595. The molecule has 7 heteroatoms. The minimum Gasteiger partial charge on any atom is -0.300 e. The molecule has 1 aliphatic carbocycles. The van der Waals surface area contributed by atoms with E-state index in [0.717, 1.165) is 27.3 Å². The maximum Gasteiger partial charge on any atom is 0.249 e. The molecule has 1 fully saturated rings. The van der Waals surface area contributed by atoms with Gasteiger partial charge in [-0.1, -0.05) is 29.8 Å². The van der Waals surface area contributed by atoms with Crippen LogP contribution in [0.5, 0.6) is 0 Å². The van der Waals surface area contributed by atoms with Crippen LogP contribution in [0.2, 0.25) is 0 Å². The average Bonchev–Trinajstić information content (AvgIpc) is 3.24. The molecule has 1 saturated heterocycles. The van der Waals surface area contributed by atoms with E-state index in [2.05, 4.69) is 29.4 Å². The van der Waals surface area contributed by atoms with Crippen LogP contribution >= 0.6 is 11.3 Å². The average molecular weight is 424 g/mol. The number of amides is 3. The molecular formula is C23H25N3O3S. The SMILES string of the molecule is Cc1cc(C)c(-c2csc(NC(=O)[C@H](C)N3C(=O)[C@H]4CC=CC[C@@H]4C3=O)n2)c(C)c1. The molecule has 3 amide bonds. The van der Waals surface area contributed by atoms with Gasteiger partial charge in [-0.25, -0.2) is 4.98 Å². The van der Waals surface area contributed by atoms with Crippen molar-refractivity contribution in [1.82, 2.24) is 9.88 Å². The molecule has 156 valence electrons. The van der Waals surface area contributed by atoms with E-state index in [1.807, 2.05) is 31.4 Å². The fraction of sp³-hybridized carbons (Fsp3) is 0.391. The Morgan fingerprint density at radius 1 is 1.10 bits per heavy atom. The predicted octanol–water partition coefficient (Wildman–Crippen LogP) is 4.01. The molecular weight excluding hydrogens is 398 g/mol. The minimum atomic E-state index is -0.870. The number of nitrogens with one attached hydrogen (secondary N) is 1. The van der Waals surface area contributed by atoms with E-state index in [9.17, 15) is 14.4 Å². The predicted molar refractivity (Wildman–Crippen MR) is 117 cm³/mol. The van der Waals surface area contributed by atoms with Crippen molar-refractivity contribution in [3.05, 3.63) is 46.4 Å². The summed E-state index contributed by atoms with van der Waals surface area (Å²) in [6.07, 6.45) is 5.00. The Morgan fingerprint density at radius 3 is 2.23 bits per heavy atom. The lowest BCUT2D eigenvalue weighted by Crippen LogP contribution is -2.46. The second kappa shape index (κ2) is 7.80. The maximum atomic E-state index is 12.8. The summed E-state index contributed by atoms with van der Waals surface area (Å²) in [5, 5.41) is 5.16. The first-order valence-electron chi connectivity index (χ1n) is 10.1. The van der Waals surface area contributed by atoms with Gasteiger partial charge in [0.25, 0.3) is 0 Å². The molecule has 2 aliphatic rings.